The summed E-state index contributed by atoms with van der Waals surface area (Å²) in [5.41, 5.74) is 0. The molecule has 0 aliphatic heterocycles. The molecule has 4 nitrogen and oxygen atoms in total. The fourth-order valence-corrected chi connectivity index (χ4v) is 2.46. The van der Waals surface area contributed by atoms with Gasteiger partial charge >= 0.3 is 0 Å². The monoisotopic (exact) mass is 251 g/mol. The topological polar surface area (TPSA) is 64.9 Å². The lowest BCUT2D eigenvalue weighted by Crippen LogP contribution is -2.48. The minimum atomic E-state index is -0.213. The van der Waals surface area contributed by atoms with Crippen LogP contribution in [0.4, 0.5) is 0 Å². The summed E-state index contributed by atoms with van der Waals surface area (Å²) in [4.78, 5) is 11.8. The molecule has 0 bridgehead atoms. The normalized spacial score (nSPS) is 25.8. The van der Waals surface area contributed by atoms with E-state index in [1.165, 1.54) is 6.42 Å². The van der Waals surface area contributed by atoms with Gasteiger partial charge in [-0.25, -0.2) is 0 Å². The first kappa shape index (κ1) is 15.0. The largest absolute Gasteiger partial charge is 0.355 e. The van der Waals surface area contributed by atoms with Gasteiger partial charge in [-0.1, -0.05) is 26.2 Å². The van der Waals surface area contributed by atoms with Crippen molar-refractivity contribution < 1.29 is 4.79 Å². The molecule has 0 saturated heterocycles. The van der Waals surface area contributed by atoms with Crippen molar-refractivity contribution in [2.45, 2.75) is 64.5 Å². The van der Waals surface area contributed by atoms with Crippen molar-refractivity contribution in [3.05, 3.63) is 0 Å². The van der Waals surface area contributed by atoms with Crippen LogP contribution in [0.3, 0.4) is 0 Å². The van der Waals surface area contributed by atoms with Gasteiger partial charge < -0.3 is 10.6 Å². The zero-order valence-corrected chi connectivity index (χ0v) is 11.5. The Morgan fingerprint density at radius 1 is 1.39 bits per heavy atom. The molecule has 0 aromatic heterocycles. The van der Waals surface area contributed by atoms with Crippen LogP contribution in [0.1, 0.15) is 52.4 Å². The van der Waals surface area contributed by atoms with E-state index in [1.807, 2.05) is 13.8 Å². The number of nitrogens with zero attached hydrogens (tertiary/aromatic N) is 1. The molecule has 0 heterocycles. The Morgan fingerprint density at radius 2 is 2.11 bits per heavy atom. The van der Waals surface area contributed by atoms with Crippen LogP contribution in [0.25, 0.3) is 0 Å². The highest BCUT2D eigenvalue weighted by Gasteiger charge is 2.26. The molecule has 0 spiro atoms. The van der Waals surface area contributed by atoms with E-state index in [0.717, 1.165) is 38.6 Å². The summed E-state index contributed by atoms with van der Waals surface area (Å²) < 4.78 is 0. The van der Waals surface area contributed by atoms with Gasteiger partial charge in [0.1, 0.15) is 0 Å². The predicted molar refractivity (Wildman–Crippen MR) is 71.9 cm³/mol. The van der Waals surface area contributed by atoms with Gasteiger partial charge in [0, 0.05) is 12.6 Å². The van der Waals surface area contributed by atoms with Crippen LogP contribution < -0.4 is 10.6 Å². The highest BCUT2D eigenvalue weighted by Crippen LogP contribution is 2.23. The molecular formula is C14H25N3O. The van der Waals surface area contributed by atoms with Gasteiger partial charge in [-0.05, 0) is 26.2 Å². The van der Waals surface area contributed by atoms with Crippen LogP contribution in [0.15, 0.2) is 0 Å². The Hall–Kier alpha value is -1.08. The third-order valence-electron chi connectivity index (χ3n) is 3.59. The third-order valence-corrected chi connectivity index (χ3v) is 3.59. The van der Waals surface area contributed by atoms with Crippen molar-refractivity contribution in [1.29, 1.82) is 5.26 Å². The average molecular weight is 251 g/mol. The Morgan fingerprint density at radius 3 is 2.78 bits per heavy atom. The van der Waals surface area contributed by atoms with E-state index in [1.54, 1.807) is 0 Å². The quantitative estimate of drug-likeness (QED) is 0.734. The van der Waals surface area contributed by atoms with E-state index in [0.29, 0.717) is 0 Å². The first-order chi connectivity index (χ1) is 8.69. The molecule has 102 valence electrons. The summed E-state index contributed by atoms with van der Waals surface area (Å²) >= 11 is 0. The molecule has 3 atom stereocenters. The van der Waals surface area contributed by atoms with Crippen LogP contribution in [0, 0.1) is 17.2 Å². The van der Waals surface area contributed by atoms with E-state index in [9.17, 15) is 10.1 Å². The van der Waals surface area contributed by atoms with Crippen LogP contribution in [-0.4, -0.2) is 24.5 Å². The summed E-state index contributed by atoms with van der Waals surface area (Å²) in [5.74, 6) is 0.0895. The molecule has 1 saturated carbocycles. The lowest BCUT2D eigenvalue weighted by atomic mass is 9.95. The molecule has 0 aromatic carbocycles. The smallest absolute Gasteiger partial charge is 0.236 e. The van der Waals surface area contributed by atoms with Crippen molar-refractivity contribution in [2.24, 2.45) is 5.92 Å². The van der Waals surface area contributed by atoms with Gasteiger partial charge in [-0.3, -0.25) is 4.79 Å². The Bertz CT molecular complexity index is 298. The summed E-state index contributed by atoms with van der Waals surface area (Å²) in [6.07, 6.45) is 6.39. The molecule has 1 amide bonds. The van der Waals surface area contributed by atoms with Crippen molar-refractivity contribution in [2.75, 3.05) is 6.54 Å². The lowest BCUT2D eigenvalue weighted by molar-refractivity contribution is -0.123. The molecule has 18 heavy (non-hydrogen) atoms. The van der Waals surface area contributed by atoms with Crippen molar-refractivity contribution in [3.63, 3.8) is 0 Å². The maximum atomic E-state index is 11.8. The number of rotatable bonds is 5. The molecular weight excluding hydrogens is 226 g/mol. The minimum Gasteiger partial charge on any atom is -0.355 e. The number of carbonyl (C=O) groups excluding carboxylic acids is 1. The number of carbonyl (C=O) groups is 1. The number of nitrogens with one attached hydrogen (secondary N) is 2. The Balaban J connectivity index is 2.47. The van der Waals surface area contributed by atoms with Gasteiger partial charge in [-0.15, -0.1) is 0 Å². The second kappa shape index (κ2) is 8.10. The molecule has 2 N–H and O–H groups in total. The number of hydrogen-bond donors (Lipinski definition) is 2. The standard InChI is InChI=1S/C14H25N3O/c1-3-9-16-14(18)11(2)17-13-8-6-4-5-7-12(13)10-15/h11-13,17H,3-9H2,1-2H3,(H,16,18). The fourth-order valence-electron chi connectivity index (χ4n) is 2.46. The predicted octanol–water partition coefficient (Wildman–Crippen LogP) is 1.96. The van der Waals surface area contributed by atoms with Gasteiger partial charge in [0.15, 0.2) is 0 Å². The maximum Gasteiger partial charge on any atom is 0.236 e. The molecule has 1 aliphatic rings. The highest BCUT2D eigenvalue weighted by atomic mass is 16.2. The molecule has 1 aliphatic carbocycles. The van der Waals surface area contributed by atoms with Crippen LogP contribution in [0.2, 0.25) is 0 Å². The summed E-state index contributed by atoms with van der Waals surface area (Å²) in [7, 11) is 0. The second-order valence-corrected chi connectivity index (χ2v) is 5.16. The zero-order chi connectivity index (χ0) is 13.4. The molecule has 1 rings (SSSR count). The molecule has 1 fully saturated rings. The summed E-state index contributed by atoms with van der Waals surface area (Å²) in [5, 5.41) is 15.4. The van der Waals surface area contributed by atoms with E-state index >= 15 is 0 Å². The van der Waals surface area contributed by atoms with Crippen LogP contribution in [-0.2, 0) is 4.79 Å². The van der Waals surface area contributed by atoms with Gasteiger partial charge in [0.05, 0.1) is 18.0 Å². The Labute approximate surface area is 110 Å². The molecule has 3 unspecified atom stereocenters. The third kappa shape index (κ3) is 4.66. The van der Waals surface area contributed by atoms with Gasteiger partial charge in [0.2, 0.25) is 5.91 Å². The molecule has 4 heteroatoms. The lowest BCUT2D eigenvalue weighted by Gasteiger charge is -2.24. The van der Waals surface area contributed by atoms with Gasteiger partial charge in [-0.2, -0.15) is 5.26 Å². The zero-order valence-electron chi connectivity index (χ0n) is 11.5. The average Bonchev–Trinajstić information content (AvgIpc) is 2.60. The Kier molecular flexibility index (Phi) is 6.74. The van der Waals surface area contributed by atoms with Crippen molar-refractivity contribution in [3.8, 4) is 6.07 Å². The van der Waals surface area contributed by atoms with Crippen molar-refractivity contribution in [1.82, 2.24) is 10.6 Å². The number of amides is 1. The maximum absolute atomic E-state index is 11.8. The van der Waals surface area contributed by atoms with Crippen LogP contribution >= 0.6 is 0 Å². The first-order valence-electron chi connectivity index (χ1n) is 7.12. The van der Waals surface area contributed by atoms with E-state index in [2.05, 4.69) is 16.7 Å². The van der Waals surface area contributed by atoms with E-state index in [4.69, 9.17) is 0 Å². The SMILES string of the molecule is CCCNC(=O)C(C)NC1CCCCCC1C#N. The number of hydrogen-bond acceptors (Lipinski definition) is 3. The number of nitriles is 1. The highest BCUT2D eigenvalue weighted by molar-refractivity contribution is 5.81. The van der Waals surface area contributed by atoms with Crippen LogP contribution in [0.5, 0.6) is 0 Å². The van der Waals surface area contributed by atoms with Gasteiger partial charge in [0.25, 0.3) is 0 Å². The minimum absolute atomic E-state index is 0.0396. The van der Waals surface area contributed by atoms with Crippen molar-refractivity contribution >= 4 is 5.91 Å². The first-order valence-corrected chi connectivity index (χ1v) is 7.12. The molecule has 0 aromatic rings. The summed E-state index contributed by atoms with van der Waals surface area (Å²) in [6.45, 7) is 4.64. The van der Waals surface area contributed by atoms with E-state index < -0.39 is 0 Å². The molecule has 0 radical (unpaired) electrons. The van der Waals surface area contributed by atoms with E-state index in [-0.39, 0.29) is 23.9 Å². The second-order valence-electron chi connectivity index (χ2n) is 5.16. The summed E-state index contributed by atoms with van der Waals surface area (Å²) in [6, 6.07) is 2.34. The fraction of sp³-hybridized carbons (Fsp3) is 0.857.